The fraction of sp³-hybridized carbons (Fsp3) is 0.500. The number of carbonyl (C=O) groups is 1. The number of nitrogens with zero attached hydrogens (tertiary/aromatic N) is 2. The molecule has 6 nitrogen and oxygen atoms in total. The van der Waals surface area contributed by atoms with Gasteiger partial charge in [0, 0.05) is 36.8 Å². The molecular weight excluding hydrogens is 349 g/mol. The number of hydrogen-bond donors (Lipinski definition) is 2. The topological polar surface area (TPSA) is 88.6 Å². The lowest BCUT2D eigenvalue weighted by Crippen LogP contribution is -2.46. The maximum absolute atomic E-state index is 15.1. The molecule has 1 aromatic carbocycles. The lowest BCUT2D eigenvalue weighted by Gasteiger charge is -2.37. The number of aryl methyl sites for hydroxylation is 1. The molecule has 2 atom stereocenters. The number of halogens is 1. The van der Waals surface area contributed by atoms with Gasteiger partial charge in [-0.3, -0.25) is 4.79 Å². The smallest absolute Gasteiger partial charge is 0.341 e. The number of pyridine rings is 1. The van der Waals surface area contributed by atoms with E-state index >= 15 is 4.39 Å². The van der Waals surface area contributed by atoms with Crippen molar-refractivity contribution in [2.75, 3.05) is 18.0 Å². The van der Waals surface area contributed by atoms with Crippen LogP contribution in [0.15, 0.2) is 17.1 Å². The zero-order valence-electron chi connectivity index (χ0n) is 15.5. The molecule has 7 heteroatoms. The molecule has 0 amide bonds. The summed E-state index contributed by atoms with van der Waals surface area (Å²) in [7, 11) is 0. The first kappa shape index (κ1) is 18.0. The zero-order valence-corrected chi connectivity index (χ0v) is 15.5. The molecule has 2 heterocycles. The van der Waals surface area contributed by atoms with Crippen LogP contribution in [0.25, 0.3) is 10.9 Å². The van der Waals surface area contributed by atoms with Crippen molar-refractivity contribution >= 4 is 22.6 Å². The second-order valence-electron chi connectivity index (χ2n) is 7.92. The van der Waals surface area contributed by atoms with E-state index in [1.807, 2.05) is 16.4 Å². The van der Waals surface area contributed by atoms with E-state index in [0.29, 0.717) is 29.9 Å². The second-order valence-corrected chi connectivity index (χ2v) is 7.92. The number of fused-ring (bicyclic) bond motifs is 1. The van der Waals surface area contributed by atoms with E-state index in [1.165, 1.54) is 12.3 Å². The molecule has 27 heavy (non-hydrogen) atoms. The Balaban J connectivity index is 1.96. The van der Waals surface area contributed by atoms with Crippen molar-refractivity contribution in [2.24, 2.45) is 11.7 Å². The molecule has 2 aliphatic rings. The third kappa shape index (κ3) is 2.90. The number of hydrogen-bond acceptors (Lipinski definition) is 4. The third-order valence-corrected chi connectivity index (χ3v) is 5.94. The van der Waals surface area contributed by atoms with Crippen molar-refractivity contribution in [1.82, 2.24) is 4.57 Å². The molecule has 2 aromatic rings. The highest BCUT2D eigenvalue weighted by atomic mass is 19.1. The Labute approximate surface area is 156 Å². The molecule has 1 saturated carbocycles. The summed E-state index contributed by atoms with van der Waals surface area (Å²) < 4.78 is 16.9. The lowest BCUT2D eigenvalue weighted by atomic mass is 9.93. The SMILES string of the molecule is Cc1c(N2CC[C@H](N)[C@H](C)C2)c(F)cc2c(=O)c(C(=O)O)cn(C3CC3)c12. The third-order valence-electron chi connectivity index (χ3n) is 5.94. The molecule has 4 rings (SSSR count). The number of piperidine rings is 1. The summed E-state index contributed by atoms with van der Waals surface area (Å²) in [5, 5.41) is 9.52. The van der Waals surface area contributed by atoms with Crippen LogP contribution in [0.4, 0.5) is 10.1 Å². The summed E-state index contributed by atoms with van der Waals surface area (Å²) in [6.45, 7) is 5.20. The molecule has 0 spiro atoms. The van der Waals surface area contributed by atoms with Crippen molar-refractivity contribution in [3.63, 3.8) is 0 Å². The van der Waals surface area contributed by atoms with Gasteiger partial charge in [-0.05, 0) is 43.7 Å². The molecule has 0 radical (unpaired) electrons. The monoisotopic (exact) mass is 373 g/mol. The molecule has 1 saturated heterocycles. The molecule has 3 N–H and O–H groups in total. The number of rotatable bonds is 3. The number of anilines is 1. The van der Waals surface area contributed by atoms with Gasteiger partial charge in [-0.2, -0.15) is 0 Å². The molecule has 2 fully saturated rings. The Kier molecular flexibility index (Phi) is 4.22. The highest BCUT2D eigenvalue weighted by Crippen LogP contribution is 2.40. The van der Waals surface area contributed by atoms with Crippen molar-refractivity contribution in [3.05, 3.63) is 39.4 Å². The van der Waals surface area contributed by atoms with Gasteiger partial charge in [-0.1, -0.05) is 6.92 Å². The van der Waals surface area contributed by atoms with Gasteiger partial charge in [0.2, 0.25) is 5.43 Å². The van der Waals surface area contributed by atoms with Gasteiger partial charge >= 0.3 is 5.97 Å². The minimum atomic E-state index is -1.28. The average Bonchev–Trinajstić information content (AvgIpc) is 3.43. The fourth-order valence-corrected chi connectivity index (χ4v) is 4.22. The number of carboxylic acid groups (broad SMARTS) is 1. The maximum atomic E-state index is 15.1. The second kappa shape index (κ2) is 6.34. The van der Waals surface area contributed by atoms with Gasteiger partial charge in [0.25, 0.3) is 0 Å². The quantitative estimate of drug-likeness (QED) is 0.863. The summed E-state index contributed by atoms with van der Waals surface area (Å²) in [5.74, 6) is -1.52. The zero-order chi connectivity index (χ0) is 19.5. The number of nitrogens with two attached hydrogens (primary N) is 1. The van der Waals surface area contributed by atoms with Crippen LogP contribution in [-0.4, -0.2) is 34.8 Å². The van der Waals surface area contributed by atoms with E-state index in [0.717, 1.165) is 19.3 Å². The Hall–Kier alpha value is -2.41. The van der Waals surface area contributed by atoms with E-state index in [-0.39, 0.29) is 29.0 Å². The lowest BCUT2D eigenvalue weighted by molar-refractivity contribution is 0.0695. The number of aromatic carboxylic acids is 1. The van der Waals surface area contributed by atoms with E-state index in [4.69, 9.17) is 5.73 Å². The van der Waals surface area contributed by atoms with Gasteiger partial charge in [-0.15, -0.1) is 0 Å². The van der Waals surface area contributed by atoms with Crippen LogP contribution >= 0.6 is 0 Å². The summed E-state index contributed by atoms with van der Waals surface area (Å²) in [4.78, 5) is 26.2. The van der Waals surface area contributed by atoms with Crippen LogP contribution in [0.2, 0.25) is 0 Å². The van der Waals surface area contributed by atoms with E-state index in [9.17, 15) is 14.7 Å². The van der Waals surface area contributed by atoms with Crippen LogP contribution in [0.1, 0.15) is 48.1 Å². The summed E-state index contributed by atoms with van der Waals surface area (Å²) in [5.41, 5.74) is 7.00. The van der Waals surface area contributed by atoms with Gasteiger partial charge < -0.3 is 20.3 Å². The van der Waals surface area contributed by atoms with E-state index in [2.05, 4.69) is 6.92 Å². The Morgan fingerprint density at radius 2 is 2.04 bits per heavy atom. The molecule has 0 bridgehead atoms. The Bertz CT molecular complexity index is 996. The van der Waals surface area contributed by atoms with Crippen LogP contribution in [-0.2, 0) is 0 Å². The predicted molar refractivity (Wildman–Crippen MR) is 102 cm³/mol. The van der Waals surface area contributed by atoms with Crippen molar-refractivity contribution in [1.29, 1.82) is 0 Å². The number of carboxylic acids is 1. The molecular formula is C20H24FN3O3. The van der Waals surface area contributed by atoms with Crippen molar-refractivity contribution in [3.8, 4) is 0 Å². The standard InChI is InChI=1S/C20H24FN3O3/c1-10-8-23(6-5-16(10)22)18-11(2)17-13(7-15(18)21)19(25)14(20(26)27)9-24(17)12-3-4-12/h7,9-10,12,16H,3-6,8,22H2,1-2H3,(H,26,27)/t10-,16+/m1/s1. The largest absolute Gasteiger partial charge is 0.477 e. The van der Waals surface area contributed by atoms with Gasteiger partial charge in [0.15, 0.2) is 0 Å². The Morgan fingerprint density at radius 1 is 1.33 bits per heavy atom. The molecule has 1 aromatic heterocycles. The van der Waals surface area contributed by atoms with Crippen LogP contribution in [0, 0.1) is 18.7 Å². The van der Waals surface area contributed by atoms with Gasteiger partial charge in [0.05, 0.1) is 11.2 Å². The fourth-order valence-electron chi connectivity index (χ4n) is 4.22. The number of aromatic nitrogens is 1. The van der Waals surface area contributed by atoms with Crippen LogP contribution in [0.5, 0.6) is 0 Å². The maximum Gasteiger partial charge on any atom is 0.341 e. The van der Waals surface area contributed by atoms with Crippen LogP contribution < -0.4 is 16.1 Å². The number of benzene rings is 1. The summed E-state index contributed by atoms with van der Waals surface area (Å²) in [6.07, 6.45) is 4.07. The van der Waals surface area contributed by atoms with Crippen molar-refractivity contribution < 1.29 is 14.3 Å². The molecule has 1 aliphatic carbocycles. The first-order valence-corrected chi connectivity index (χ1v) is 9.41. The first-order valence-electron chi connectivity index (χ1n) is 9.41. The van der Waals surface area contributed by atoms with E-state index < -0.39 is 17.2 Å². The average molecular weight is 373 g/mol. The van der Waals surface area contributed by atoms with E-state index in [1.54, 1.807) is 0 Å². The highest BCUT2D eigenvalue weighted by Gasteiger charge is 2.31. The van der Waals surface area contributed by atoms with Crippen LogP contribution in [0.3, 0.4) is 0 Å². The van der Waals surface area contributed by atoms with Crippen molar-refractivity contribution in [2.45, 2.75) is 45.2 Å². The Morgan fingerprint density at radius 3 is 2.63 bits per heavy atom. The summed E-state index contributed by atoms with van der Waals surface area (Å²) in [6, 6.07) is 1.48. The van der Waals surface area contributed by atoms with Gasteiger partial charge in [0.1, 0.15) is 11.4 Å². The summed E-state index contributed by atoms with van der Waals surface area (Å²) >= 11 is 0. The normalized spacial score (nSPS) is 23.0. The molecule has 0 unspecified atom stereocenters. The first-order chi connectivity index (χ1) is 12.8. The predicted octanol–water partition coefficient (Wildman–Crippen LogP) is 2.66. The van der Waals surface area contributed by atoms with Gasteiger partial charge in [-0.25, -0.2) is 9.18 Å². The minimum Gasteiger partial charge on any atom is -0.477 e. The minimum absolute atomic E-state index is 0.104. The highest BCUT2D eigenvalue weighted by molar-refractivity contribution is 5.95. The molecule has 144 valence electrons. The molecule has 1 aliphatic heterocycles.